The molecule has 1 fully saturated rings. The first-order valence-corrected chi connectivity index (χ1v) is 9.09. The van der Waals surface area contributed by atoms with Crippen molar-refractivity contribution in [2.75, 3.05) is 25.5 Å². The molecule has 0 bridgehead atoms. The van der Waals surface area contributed by atoms with Gasteiger partial charge in [0, 0.05) is 25.8 Å². The molecule has 1 unspecified atom stereocenters. The second-order valence-corrected chi connectivity index (χ2v) is 8.00. The van der Waals surface area contributed by atoms with E-state index in [1.165, 1.54) is 0 Å². The summed E-state index contributed by atoms with van der Waals surface area (Å²) in [7, 11) is -1.54. The van der Waals surface area contributed by atoms with Gasteiger partial charge in [0.2, 0.25) is 10.0 Å². The zero-order valence-corrected chi connectivity index (χ0v) is 14.3. The Bertz CT molecular complexity index is 588. The Balaban J connectivity index is 2.39. The molecule has 21 heavy (non-hydrogen) atoms. The molecule has 0 aliphatic carbocycles. The predicted molar refractivity (Wildman–Crippen MR) is 87.2 cm³/mol. The lowest BCUT2D eigenvalue weighted by atomic mass is 10.0. The van der Waals surface area contributed by atoms with Crippen LogP contribution in [0.3, 0.4) is 0 Å². The standard InChI is InChI=1S/C16H26N2O2S/c1-12-6-5-8-18(9-7-12)21(19,20)16-13(2)10-15(17-4)11-14(16)3/h10-12,17H,5-9H2,1-4H3. The van der Waals surface area contributed by atoms with E-state index in [1.807, 2.05) is 33.0 Å². The molecule has 1 aromatic rings. The second kappa shape index (κ2) is 6.36. The Morgan fingerprint density at radius 2 is 1.76 bits per heavy atom. The maximum atomic E-state index is 13.0. The smallest absolute Gasteiger partial charge is 0.243 e. The Morgan fingerprint density at radius 1 is 1.14 bits per heavy atom. The van der Waals surface area contributed by atoms with Gasteiger partial charge in [-0.25, -0.2) is 8.42 Å². The van der Waals surface area contributed by atoms with Gasteiger partial charge in [-0.15, -0.1) is 0 Å². The van der Waals surface area contributed by atoms with Crippen LogP contribution in [0.2, 0.25) is 0 Å². The molecule has 0 saturated carbocycles. The highest BCUT2D eigenvalue weighted by atomic mass is 32.2. The molecule has 4 nitrogen and oxygen atoms in total. The first kappa shape index (κ1) is 16.3. The minimum Gasteiger partial charge on any atom is -0.388 e. The molecule has 1 atom stereocenters. The molecule has 118 valence electrons. The average molecular weight is 310 g/mol. The number of hydrogen-bond donors (Lipinski definition) is 1. The van der Waals surface area contributed by atoms with Crippen molar-refractivity contribution < 1.29 is 8.42 Å². The van der Waals surface area contributed by atoms with Crippen molar-refractivity contribution in [2.45, 2.75) is 44.9 Å². The minimum absolute atomic E-state index is 0.482. The largest absolute Gasteiger partial charge is 0.388 e. The van der Waals surface area contributed by atoms with Crippen molar-refractivity contribution in [3.05, 3.63) is 23.3 Å². The van der Waals surface area contributed by atoms with Crippen LogP contribution in [-0.2, 0) is 10.0 Å². The molecular weight excluding hydrogens is 284 g/mol. The molecule has 0 spiro atoms. The number of hydrogen-bond acceptors (Lipinski definition) is 3. The van der Waals surface area contributed by atoms with E-state index in [9.17, 15) is 8.42 Å². The molecule has 5 heteroatoms. The topological polar surface area (TPSA) is 49.4 Å². The molecule has 2 rings (SSSR count). The summed E-state index contributed by atoms with van der Waals surface area (Å²) in [6.45, 7) is 7.23. The molecular formula is C16H26N2O2S. The minimum atomic E-state index is -3.39. The van der Waals surface area contributed by atoms with Crippen LogP contribution in [0, 0.1) is 19.8 Å². The molecule has 1 saturated heterocycles. The average Bonchev–Trinajstić information content (AvgIpc) is 2.62. The van der Waals surface area contributed by atoms with Gasteiger partial charge >= 0.3 is 0 Å². The summed E-state index contributed by atoms with van der Waals surface area (Å²) < 4.78 is 27.7. The Labute approximate surface area is 128 Å². The zero-order chi connectivity index (χ0) is 15.6. The third-order valence-electron chi connectivity index (χ3n) is 4.32. The number of sulfonamides is 1. The Morgan fingerprint density at radius 3 is 2.33 bits per heavy atom. The summed E-state index contributed by atoms with van der Waals surface area (Å²) in [5.74, 6) is 0.610. The van der Waals surface area contributed by atoms with Gasteiger partial charge in [-0.3, -0.25) is 0 Å². The summed E-state index contributed by atoms with van der Waals surface area (Å²) >= 11 is 0. The fraction of sp³-hybridized carbons (Fsp3) is 0.625. The predicted octanol–water partition coefficient (Wildman–Crippen LogP) is 3.16. The highest BCUT2D eigenvalue weighted by Crippen LogP contribution is 2.29. The maximum absolute atomic E-state index is 13.0. The van der Waals surface area contributed by atoms with E-state index in [0.29, 0.717) is 23.9 Å². The summed E-state index contributed by atoms with van der Waals surface area (Å²) in [6, 6.07) is 3.81. The SMILES string of the molecule is CNc1cc(C)c(S(=O)(=O)N2CCCC(C)CC2)c(C)c1. The van der Waals surface area contributed by atoms with Crippen LogP contribution in [0.15, 0.2) is 17.0 Å². The lowest BCUT2D eigenvalue weighted by Gasteiger charge is -2.23. The summed E-state index contributed by atoms with van der Waals surface area (Å²) in [5, 5.41) is 3.07. The van der Waals surface area contributed by atoms with Gasteiger partial charge in [0.1, 0.15) is 0 Å². The number of rotatable bonds is 3. The third-order valence-corrected chi connectivity index (χ3v) is 6.53. The molecule has 1 heterocycles. The van der Waals surface area contributed by atoms with Gasteiger partial charge in [0.25, 0.3) is 0 Å². The summed E-state index contributed by atoms with van der Waals surface area (Å²) in [6.07, 6.45) is 3.02. The van der Waals surface area contributed by atoms with Crippen molar-refractivity contribution in [2.24, 2.45) is 5.92 Å². The number of anilines is 1. The van der Waals surface area contributed by atoms with E-state index >= 15 is 0 Å². The Kier molecular flexibility index (Phi) is 4.94. The van der Waals surface area contributed by atoms with E-state index in [1.54, 1.807) is 4.31 Å². The quantitative estimate of drug-likeness (QED) is 0.933. The van der Waals surface area contributed by atoms with Crippen LogP contribution < -0.4 is 5.32 Å². The molecule has 0 radical (unpaired) electrons. The Hall–Kier alpha value is -1.07. The van der Waals surface area contributed by atoms with Crippen molar-refractivity contribution in [1.29, 1.82) is 0 Å². The van der Waals surface area contributed by atoms with E-state index in [0.717, 1.165) is 36.1 Å². The van der Waals surface area contributed by atoms with E-state index in [2.05, 4.69) is 12.2 Å². The van der Waals surface area contributed by atoms with Gasteiger partial charge in [0.15, 0.2) is 0 Å². The van der Waals surface area contributed by atoms with E-state index in [4.69, 9.17) is 0 Å². The van der Waals surface area contributed by atoms with Crippen molar-refractivity contribution in [3.63, 3.8) is 0 Å². The number of benzene rings is 1. The first-order chi connectivity index (χ1) is 9.86. The molecule has 1 aliphatic heterocycles. The second-order valence-electron chi connectivity index (χ2n) is 6.13. The number of nitrogens with one attached hydrogen (secondary N) is 1. The number of aryl methyl sites for hydroxylation is 2. The van der Waals surface area contributed by atoms with E-state index in [-0.39, 0.29) is 0 Å². The highest BCUT2D eigenvalue weighted by molar-refractivity contribution is 7.89. The van der Waals surface area contributed by atoms with Crippen LogP contribution in [0.1, 0.15) is 37.3 Å². The molecule has 0 amide bonds. The van der Waals surface area contributed by atoms with Gasteiger partial charge in [-0.05, 0) is 62.3 Å². The van der Waals surface area contributed by atoms with Crippen molar-refractivity contribution >= 4 is 15.7 Å². The molecule has 1 aliphatic rings. The van der Waals surface area contributed by atoms with Gasteiger partial charge in [-0.2, -0.15) is 4.31 Å². The zero-order valence-electron chi connectivity index (χ0n) is 13.4. The van der Waals surface area contributed by atoms with Crippen molar-refractivity contribution in [3.8, 4) is 0 Å². The van der Waals surface area contributed by atoms with Crippen molar-refractivity contribution in [1.82, 2.24) is 4.31 Å². The van der Waals surface area contributed by atoms with Gasteiger partial charge in [0.05, 0.1) is 4.90 Å². The van der Waals surface area contributed by atoms with Crippen LogP contribution in [0.5, 0.6) is 0 Å². The normalized spacial score (nSPS) is 21.0. The molecule has 1 aromatic carbocycles. The third kappa shape index (κ3) is 3.40. The first-order valence-electron chi connectivity index (χ1n) is 7.65. The fourth-order valence-electron chi connectivity index (χ4n) is 3.11. The maximum Gasteiger partial charge on any atom is 0.243 e. The lowest BCUT2D eigenvalue weighted by Crippen LogP contribution is -2.33. The lowest BCUT2D eigenvalue weighted by molar-refractivity contribution is 0.416. The van der Waals surface area contributed by atoms with E-state index < -0.39 is 10.0 Å². The monoisotopic (exact) mass is 310 g/mol. The summed E-state index contributed by atoms with van der Waals surface area (Å²) in [5.41, 5.74) is 2.58. The van der Waals surface area contributed by atoms with Gasteiger partial charge in [-0.1, -0.05) is 6.92 Å². The van der Waals surface area contributed by atoms with Crippen LogP contribution in [0.4, 0.5) is 5.69 Å². The van der Waals surface area contributed by atoms with Crippen LogP contribution in [-0.4, -0.2) is 32.9 Å². The number of nitrogens with zero attached hydrogens (tertiary/aromatic N) is 1. The molecule has 1 N–H and O–H groups in total. The molecule has 0 aromatic heterocycles. The summed E-state index contributed by atoms with van der Waals surface area (Å²) in [4.78, 5) is 0.482. The fourth-order valence-corrected chi connectivity index (χ4v) is 5.01. The van der Waals surface area contributed by atoms with Gasteiger partial charge < -0.3 is 5.32 Å². The van der Waals surface area contributed by atoms with Crippen LogP contribution in [0.25, 0.3) is 0 Å². The highest BCUT2D eigenvalue weighted by Gasteiger charge is 2.29. The van der Waals surface area contributed by atoms with Crippen LogP contribution >= 0.6 is 0 Å².